The van der Waals surface area contributed by atoms with E-state index in [4.69, 9.17) is 5.11 Å². The maximum atomic E-state index is 10.5. The van der Waals surface area contributed by atoms with E-state index in [9.17, 15) is 4.79 Å². The van der Waals surface area contributed by atoms with Crippen molar-refractivity contribution < 1.29 is 9.90 Å². The molecule has 0 fully saturated rings. The van der Waals surface area contributed by atoms with Crippen molar-refractivity contribution in [1.29, 1.82) is 0 Å². The monoisotopic (exact) mass is 112 g/mol. The summed E-state index contributed by atoms with van der Waals surface area (Å²) in [5.41, 5.74) is 0. The molecule has 1 rings (SSSR count). The molecule has 0 spiro atoms. The zero-order valence-corrected chi connectivity index (χ0v) is 4.72. The van der Waals surface area contributed by atoms with E-state index in [0.29, 0.717) is 6.42 Å². The summed E-state index contributed by atoms with van der Waals surface area (Å²) in [6, 6.07) is 0. The number of hydrogen-bond acceptors (Lipinski definition) is 2. The molecule has 1 unspecified atom stereocenters. The molecular weight excluding hydrogens is 104 g/mol. The van der Waals surface area contributed by atoms with Crippen molar-refractivity contribution in [2.75, 3.05) is 0 Å². The topological polar surface area (TPSA) is 37.3 Å². The first-order chi connectivity index (χ1) is 3.70. The molecule has 1 N–H and O–H groups in total. The van der Waals surface area contributed by atoms with Gasteiger partial charge in [0, 0.05) is 6.42 Å². The minimum absolute atomic E-state index is 0.0579. The third kappa shape index (κ3) is 0.735. The van der Waals surface area contributed by atoms with Gasteiger partial charge < -0.3 is 5.11 Å². The SMILES string of the molecule is CC1C=C(O)C(=O)C1. The highest BCUT2D eigenvalue weighted by Gasteiger charge is 2.18. The Hall–Kier alpha value is -0.790. The molecule has 44 valence electrons. The van der Waals surface area contributed by atoms with Gasteiger partial charge in [-0.3, -0.25) is 4.79 Å². The highest BCUT2D eigenvalue weighted by atomic mass is 16.3. The molecular formula is C6H8O2. The number of carbonyl (C=O) groups excluding carboxylic acids is 1. The van der Waals surface area contributed by atoms with E-state index in [1.165, 1.54) is 0 Å². The summed E-state index contributed by atoms with van der Waals surface area (Å²) in [4.78, 5) is 10.5. The average molecular weight is 112 g/mol. The van der Waals surface area contributed by atoms with E-state index in [1.807, 2.05) is 6.92 Å². The van der Waals surface area contributed by atoms with Crippen molar-refractivity contribution in [1.82, 2.24) is 0 Å². The van der Waals surface area contributed by atoms with Gasteiger partial charge >= 0.3 is 0 Å². The largest absolute Gasteiger partial charge is 0.505 e. The fourth-order valence-corrected chi connectivity index (χ4v) is 0.818. The van der Waals surface area contributed by atoms with Gasteiger partial charge in [0.05, 0.1) is 0 Å². The van der Waals surface area contributed by atoms with Crippen molar-refractivity contribution >= 4 is 5.78 Å². The lowest BCUT2D eigenvalue weighted by Crippen LogP contribution is -1.94. The Morgan fingerprint density at radius 3 is 2.62 bits per heavy atom. The quantitative estimate of drug-likeness (QED) is 0.508. The lowest BCUT2D eigenvalue weighted by atomic mass is 10.2. The zero-order chi connectivity index (χ0) is 6.15. The van der Waals surface area contributed by atoms with Crippen LogP contribution in [0.4, 0.5) is 0 Å². The number of rotatable bonds is 0. The smallest absolute Gasteiger partial charge is 0.197 e. The fourth-order valence-electron chi connectivity index (χ4n) is 0.818. The Kier molecular flexibility index (Phi) is 1.08. The van der Waals surface area contributed by atoms with Gasteiger partial charge in [-0.25, -0.2) is 0 Å². The predicted molar refractivity (Wildman–Crippen MR) is 29.5 cm³/mol. The minimum atomic E-state index is -0.127. The lowest BCUT2D eigenvalue weighted by molar-refractivity contribution is -0.117. The molecule has 2 heteroatoms. The minimum Gasteiger partial charge on any atom is -0.505 e. The standard InChI is InChI=1S/C6H8O2/c1-4-2-5(7)6(8)3-4/h2,4,7H,3H2,1H3. The predicted octanol–water partition coefficient (Wildman–Crippen LogP) is 1.04. The molecule has 0 amide bonds. The van der Waals surface area contributed by atoms with Crippen LogP contribution in [0.25, 0.3) is 0 Å². The Morgan fingerprint density at radius 1 is 1.88 bits per heavy atom. The molecule has 0 saturated carbocycles. The molecule has 1 aliphatic carbocycles. The number of hydrogen-bond donors (Lipinski definition) is 1. The van der Waals surface area contributed by atoms with Crippen LogP contribution in [-0.2, 0) is 4.79 Å². The van der Waals surface area contributed by atoms with Crippen molar-refractivity contribution in [3.63, 3.8) is 0 Å². The second-order valence-electron chi connectivity index (χ2n) is 2.16. The number of ketones is 1. The summed E-state index contributed by atoms with van der Waals surface area (Å²) in [6.45, 7) is 1.90. The van der Waals surface area contributed by atoms with E-state index in [0.717, 1.165) is 0 Å². The first-order valence-corrected chi connectivity index (χ1v) is 2.64. The first-order valence-electron chi connectivity index (χ1n) is 2.64. The van der Waals surface area contributed by atoms with E-state index < -0.39 is 0 Å². The molecule has 0 aromatic heterocycles. The van der Waals surface area contributed by atoms with E-state index in [2.05, 4.69) is 0 Å². The van der Waals surface area contributed by atoms with Crippen LogP contribution >= 0.6 is 0 Å². The van der Waals surface area contributed by atoms with Crippen LogP contribution in [0.1, 0.15) is 13.3 Å². The van der Waals surface area contributed by atoms with Crippen LogP contribution in [-0.4, -0.2) is 10.9 Å². The van der Waals surface area contributed by atoms with Gasteiger partial charge in [-0.2, -0.15) is 0 Å². The number of allylic oxidation sites excluding steroid dienone is 2. The fraction of sp³-hybridized carbons (Fsp3) is 0.500. The van der Waals surface area contributed by atoms with E-state index >= 15 is 0 Å². The molecule has 0 aromatic carbocycles. The summed E-state index contributed by atoms with van der Waals surface area (Å²) < 4.78 is 0. The van der Waals surface area contributed by atoms with Gasteiger partial charge in [-0.15, -0.1) is 0 Å². The molecule has 0 saturated heterocycles. The molecule has 1 atom stereocenters. The number of aliphatic hydroxyl groups is 1. The molecule has 2 nitrogen and oxygen atoms in total. The lowest BCUT2D eigenvalue weighted by Gasteiger charge is -1.87. The second kappa shape index (κ2) is 1.62. The molecule has 0 bridgehead atoms. The zero-order valence-electron chi connectivity index (χ0n) is 4.72. The molecule has 1 aliphatic rings. The Labute approximate surface area is 47.8 Å². The van der Waals surface area contributed by atoms with Crippen LogP contribution in [0.5, 0.6) is 0 Å². The Bertz CT molecular complexity index is 147. The summed E-state index contributed by atoms with van der Waals surface area (Å²) in [6.07, 6.45) is 2.06. The maximum Gasteiger partial charge on any atom is 0.197 e. The van der Waals surface area contributed by atoms with E-state index in [-0.39, 0.29) is 17.5 Å². The number of aliphatic hydroxyl groups excluding tert-OH is 1. The van der Waals surface area contributed by atoms with Gasteiger partial charge in [0.15, 0.2) is 11.5 Å². The average Bonchev–Trinajstić information content (AvgIpc) is 1.85. The third-order valence-electron chi connectivity index (χ3n) is 1.24. The van der Waals surface area contributed by atoms with Crippen molar-refractivity contribution in [3.05, 3.63) is 11.8 Å². The second-order valence-corrected chi connectivity index (χ2v) is 2.16. The van der Waals surface area contributed by atoms with Gasteiger partial charge in [0.25, 0.3) is 0 Å². The molecule has 0 heterocycles. The van der Waals surface area contributed by atoms with Crippen LogP contribution in [0.2, 0.25) is 0 Å². The summed E-state index contributed by atoms with van der Waals surface area (Å²) >= 11 is 0. The summed E-state index contributed by atoms with van der Waals surface area (Å²) in [5, 5.41) is 8.68. The molecule has 0 aliphatic heterocycles. The van der Waals surface area contributed by atoms with Gasteiger partial charge in [-0.1, -0.05) is 6.92 Å². The highest BCUT2D eigenvalue weighted by molar-refractivity contribution is 5.95. The number of carbonyl (C=O) groups is 1. The van der Waals surface area contributed by atoms with Crippen molar-refractivity contribution in [3.8, 4) is 0 Å². The molecule has 0 aromatic rings. The Balaban J connectivity index is 2.73. The van der Waals surface area contributed by atoms with Crippen molar-refractivity contribution in [2.24, 2.45) is 5.92 Å². The normalized spacial score (nSPS) is 28.4. The molecule has 8 heavy (non-hydrogen) atoms. The summed E-state index contributed by atoms with van der Waals surface area (Å²) in [7, 11) is 0. The van der Waals surface area contributed by atoms with Crippen molar-refractivity contribution in [2.45, 2.75) is 13.3 Å². The first kappa shape index (κ1) is 5.35. The van der Waals surface area contributed by atoms with E-state index in [1.54, 1.807) is 6.08 Å². The van der Waals surface area contributed by atoms with Crippen LogP contribution < -0.4 is 0 Å². The van der Waals surface area contributed by atoms with Gasteiger partial charge in [-0.05, 0) is 12.0 Å². The Morgan fingerprint density at radius 2 is 2.50 bits per heavy atom. The van der Waals surface area contributed by atoms with Gasteiger partial charge in [0.2, 0.25) is 0 Å². The third-order valence-corrected chi connectivity index (χ3v) is 1.24. The highest BCUT2D eigenvalue weighted by Crippen LogP contribution is 2.17. The van der Waals surface area contributed by atoms with Gasteiger partial charge in [0.1, 0.15) is 0 Å². The van der Waals surface area contributed by atoms with Crippen LogP contribution in [0, 0.1) is 5.92 Å². The number of Topliss-reactive ketones (excluding diaryl/α,β-unsaturated/α-hetero) is 1. The summed E-state index contributed by atoms with van der Waals surface area (Å²) in [5.74, 6) is 0.0532. The van der Waals surface area contributed by atoms with Crippen LogP contribution in [0.3, 0.4) is 0 Å². The maximum absolute atomic E-state index is 10.5. The van der Waals surface area contributed by atoms with Crippen LogP contribution in [0.15, 0.2) is 11.8 Å². The molecule has 0 radical (unpaired) electrons.